The molecule has 3 atom stereocenters. The van der Waals surface area contributed by atoms with E-state index in [1.165, 1.54) is 0 Å². The van der Waals surface area contributed by atoms with Gasteiger partial charge in [-0.3, -0.25) is 4.90 Å². The number of ether oxygens (including phenoxy) is 1. The molecule has 5 nitrogen and oxygen atoms in total. The Kier molecular flexibility index (Phi) is 7.69. The maximum Gasteiger partial charge on any atom is 0.243 e. The number of methoxy groups -OCH3 is 1. The number of aryl methyl sites for hydroxylation is 1. The van der Waals surface area contributed by atoms with Gasteiger partial charge in [-0.2, -0.15) is 4.31 Å². The lowest BCUT2D eigenvalue weighted by molar-refractivity contribution is -0.0635. The third-order valence-electron chi connectivity index (χ3n) is 8.14. The second-order valence-corrected chi connectivity index (χ2v) is 12.3. The number of fused-ring (bicyclic) bond motifs is 1. The second-order valence-electron chi connectivity index (χ2n) is 10.3. The molecule has 0 aromatic heterocycles. The Morgan fingerprint density at radius 1 is 0.947 bits per heavy atom. The van der Waals surface area contributed by atoms with E-state index in [1.54, 1.807) is 36.5 Å². The average molecular weight is 541 g/mol. The van der Waals surface area contributed by atoms with Crippen molar-refractivity contribution in [3.8, 4) is 11.1 Å². The molecule has 0 radical (unpaired) electrons. The van der Waals surface area contributed by atoms with Crippen molar-refractivity contribution in [2.24, 2.45) is 0 Å². The molecule has 0 spiro atoms. The van der Waals surface area contributed by atoms with Gasteiger partial charge in [-0.15, -0.1) is 0 Å². The Morgan fingerprint density at radius 2 is 1.66 bits per heavy atom. The summed E-state index contributed by atoms with van der Waals surface area (Å²) < 4.78 is 62.5. The molecule has 38 heavy (non-hydrogen) atoms. The Hall–Kier alpha value is -2.65. The van der Waals surface area contributed by atoms with E-state index in [9.17, 15) is 17.2 Å². The van der Waals surface area contributed by atoms with Crippen LogP contribution in [0, 0.1) is 25.5 Å². The fourth-order valence-corrected chi connectivity index (χ4v) is 7.84. The van der Waals surface area contributed by atoms with E-state index in [1.807, 2.05) is 43.3 Å². The van der Waals surface area contributed by atoms with E-state index in [0.717, 1.165) is 42.1 Å². The van der Waals surface area contributed by atoms with Crippen molar-refractivity contribution in [1.82, 2.24) is 9.21 Å². The number of rotatable bonds is 6. The molecular weight excluding hydrogens is 506 g/mol. The van der Waals surface area contributed by atoms with Gasteiger partial charge in [-0.1, -0.05) is 48.5 Å². The van der Waals surface area contributed by atoms with Gasteiger partial charge in [-0.25, -0.2) is 17.2 Å². The van der Waals surface area contributed by atoms with Gasteiger partial charge in [0.1, 0.15) is 0 Å². The minimum atomic E-state index is -3.64. The molecule has 3 aromatic carbocycles. The van der Waals surface area contributed by atoms with Crippen molar-refractivity contribution in [3.63, 3.8) is 0 Å². The predicted molar refractivity (Wildman–Crippen MR) is 145 cm³/mol. The standard InChI is InChI=1S/C30H34F2N2O3S/c1-20-8-4-5-9-28(20)38(35,36)33-16-6-7-17-34-26(18-33)29(27(34)19-37-3)23-12-10-22(11-13-23)24-14-15-25(31)30(32)21(24)2/h4-5,8-15,26-27,29H,6-7,16-19H2,1-3H3/t26-,27+,29-/m0/s1. The van der Waals surface area contributed by atoms with Crippen molar-refractivity contribution >= 4 is 10.0 Å². The number of hydrogen-bond donors (Lipinski definition) is 0. The van der Waals surface area contributed by atoms with Crippen LogP contribution in [0.5, 0.6) is 0 Å². The lowest BCUT2D eigenvalue weighted by atomic mass is 9.74. The molecule has 2 aliphatic heterocycles. The van der Waals surface area contributed by atoms with Gasteiger partial charge in [0.25, 0.3) is 0 Å². The maximum absolute atomic E-state index is 14.2. The molecular formula is C30H34F2N2O3S. The van der Waals surface area contributed by atoms with Crippen molar-refractivity contribution in [1.29, 1.82) is 0 Å². The first-order valence-corrected chi connectivity index (χ1v) is 14.5. The van der Waals surface area contributed by atoms with Gasteiger partial charge >= 0.3 is 0 Å². The Labute approximate surface area is 224 Å². The summed E-state index contributed by atoms with van der Waals surface area (Å²) in [7, 11) is -1.94. The zero-order chi connectivity index (χ0) is 27.0. The largest absolute Gasteiger partial charge is 0.383 e. The van der Waals surface area contributed by atoms with Crippen molar-refractivity contribution < 1.29 is 21.9 Å². The van der Waals surface area contributed by atoms with Crippen molar-refractivity contribution in [2.75, 3.05) is 33.4 Å². The summed E-state index contributed by atoms with van der Waals surface area (Å²) in [4.78, 5) is 2.75. The van der Waals surface area contributed by atoms with Crippen LogP contribution in [0.1, 0.15) is 35.4 Å². The first-order valence-electron chi connectivity index (χ1n) is 13.1. The smallest absolute Gasteiger partial charge is 0.243 e. The van der Waals surface area contributed by atoms with Crippen LogP contribution in [-0.4, -0.2) is 63.1 Å². The summed E-state index contributed by atoms with van der Waals surface area (Å²) >= 11 is 0. The first kappa shape index (κ1) is 26.9. The fraction of sp³-hybridized carbons (Fsp3) is 0.400. The topological polar surface area (TPSA) is 49.9 Å². The van der Waals surface area contributed by atoms with Crippen LogP contribution in [0.25, 0.3) is 11.1 Å². The minimum Gasteiger partial charge on any atom is -0.383 e. The van der Waals surface area contributed by atoms with Crippen LogP contribution in [0.3, 0.4) is 0 Å². The first-order chi connectivity index (χ1) is 18.2. The number of sulfonamides is 1. The van der Waals surface area contributed by atoms with Gasteiger partial charge in [0, 0.05) is 38.2 Å². The highest BCUT2D eigenvalue weighted by Crippen LogP contribution is 2.43. The molecule has 3 aromatic rings. The number of hydrogen-bond acceptors (Lipinski definition) is 4. The number of halogens is 2. The van der Waals surface area contributed by atoms with E-state index < -0.39 is 21.7 Å². The highest BCUT2D eigenvalue weighted by atomic mass is 32.2. The van der Waals surface area contributed by atoms with Crippen LogP contribution < -0.4 is 0 Å². The molecule has 0 aliphatic carbocycles. The predicted octanol–water partition coefficient (Wildman–Crippen LogP) is 5.52. The van der Waals surface area contributed by atoms with E-state index in [0.29, 0.717) is 30.2 Å². The second kappa shape index (κ2) is 10.8. The molecule has 2 saturated heterocycles. The van der Waals surface area contributed by atoms with E-state index >= 15 is 0 Å². The molecule has 5 rings (SSSR count). The molecule has 0 saturated carbocycles. The maximum atomic E-state index is 14.2. The summed E-state index contributed by atoms with van der Waals surface area (Å²) in [5, 5.41) is 0. The summed E-state index contributed by atoms with van der Waals surface area (Å²) in [5.41, 5.74) is 3.58. The Bertz CT molecular complexity index is 1410. The quantitative estimate of drug-likeness (QED) is 0.413. The lowest BCUT2D eigenvalue weighted by Crippen LogP contribution is -2.68. The van der Waals surface area contributed by atoms with E-state index in [-0.39, 0.29) is 23.6 Å². The molecule has 2 fully saturated rings. The van der Waals surface area contributed by atoms with E-state index in [4.69, 9.17) is 4.74 Å². The van der Waals surface area contributed by atoms with Crippen LogP contribution in [0.15, 0.2) is 65.6 Å². The average Bonchev–Trinajstić information content (AvgIpc) is 2.89. The van der Waals surface area contributed by atoms with Crippen LogP contribution >= 0.6 is 0 Å². The highest BCUT2D eigenvalue weighted by molar-refractivity contribution is 7.89. The zero-order valence-corrected chi connectivity index (χ0v) is 22.8. The summed E-state index contributed by atoms with van der Waals surface area (Å²) in [6, 6.07) is 18.0. The molecule has 202 valence electrons. The van der Waals surface area contributed by atoms with Gasteiger partial charge in [0.05, 0.1) is 11.5 Å². The summed E-state index contributed by atoms with van der Waals surface area (Å²) in [6.07, 6.45) is 1.72. The molecule has 2 aliphatic rings. The van der Waals surface area contributed by atoms with Gasteiger partial charge in [-0.05, 0) is 73.2 Å². The van der Waals surface area contributed by atoms with Gasteiger partial charge < -0.3 is 4.74 Å². The number of benzene rings is 3. The Balaban J connectivity index is 1.46. The van der Waals surface area contributed by atoms with E-state index in [2.05, 4.69) is 4.90 Å². The van der Waals surface area contributed by atoms with Crippen molar-refractivity contribution in [2.45, 2.75) is 49.6 Å². The minimum absolute atomic E-state index is 0.0186. The van der Waals surface area contributed by atoms with Crippen LogP contribution in [0.2, 0.25) is 0 Å². The van der Waals surface area contributed by atoms with Crippen LogP contribution in [0.4, 0.5) is 8.78 Å². The fourth-order valence-electron chi connectivity index (χ4n) is 6.11. The third-order valence-corrected chi connectivity index (χ3v) is 10.2. The lowest BCUT2D eigenvalue weighted by Gasteiger charge is -2.57. The molecule has 0 N–H and O–H groups in total. The highest BCUT2D eigenvalue weighted by Gasteiger charge is 2.50. The van der Waals surface area contributed by atoms with Crippen molar-refractivity contribution in [3.05, 3.63) is 89.0 Å². The SMILES string of the molecule is COC[C@@H]1[C@@H](c2ccc(-c3ccc(F)c(F)c3C)cc2)[C@@H]2CN(S(=O)(=O)c3ccccc3C)CCCCN12. The molecule has 0 amide bonds. The molecule has 0 bridgehead atoms. The van der Waals surface area contributed by atoms with Gasteiger partial charge in [0.15, 0.2) is 11.6 Å². The third kappa shape index (κ3) is 4.79. The summed E-state index contributed by atoms with van der Waals surface area (Å²) in [6.45, 7) is 5.77. The van der Waals surface area contributed by atoms with Gasteiger partial charge in [0.2, 0.25) is 10.0 Å². The molecule has 8 heteroatoms. The zero-order valence-electron chi connectivity index (χ0n) is 22.0. The molecule has 2 heterocycles. The Morgan fingerprint density at radius 3 is 2.37 bits per heavy atom. The van der Waals surface area contributed by atoms with Crippen LogP contribution in [-0.2, 0) is 14.8 Å². The monoisotopic (exact) mass is 540 g/mol. The normalized spacial score (nSPS) is 22.8. The number of nitrogens with zero attached hydrogens (tertiary/aromatic N) is 2. The molecule has 0 unspecified atom stereocenters. The summed E-state index contributed by atoms with van der Waals surface area (Å²) in [5.74, 6) is -1.59.